The Balaban J connectivity index is 0.00000259. The summed E-state index contributed by atoms with van der Waals surface area (Å²) in [5, 5.41) is 4.63. The highest BCUT2D eigenvalue weighted by atomic mass is 16.3. The van der Waals surface area contributed by atoms with Gasteiger partial charge in [0.2, 0.25) is 0 Å². The summed E-state index contributed by atoms with van der Waals surface area (Å²) in [6, 6.07) is 16.6. The van der Waals surface area contributed by atoms with Crippen LogP contribution >= 0.6 is 0 Å². The van der Waals surface area contributed by atoms with Gasteiger partial charge in [0.15, 0.2) is 0 Å². The van der Waals surface area contributed by atoms with Crippen LogP contribution in [0.25, 0.3) is 33.4 Å². The highest BCUT2D eigenvalue weighted by Crippen LogP contribution is 2.29. The predicted molar refractivity (Wildman–Crippen MR) is 128 cm³/mol. The van der Waals surface area contributed by atoms with Gasteiger partial charge in [-0.05, 0) is 61.7 Å². The predicted octanol–water partition coefficient (Wildman–Crippen LogP) is 6.38. The highest BCUT2D eigenvalue weighted by Gasteiger charge is 2.12. The molecule has 3 heterocycles. The summed E-state index contributed by atoms with van der Waals surface area (Å²) in [7, 11) is 0. The molecule has 5 aromatic rings. The maximum absolute atomic E-state index is 5.58. The van der Waals surface area contributed by atoms with Gasteiger partial charge in [-0.3, -0.25) is 0 Å². The number of nitrogens with one attached hydrogen (secondary N) is 1. The van der Waals surface area contributed by atoms with E-state index >= 15 is 0 Å². The molecule has 6 nitrogen and oxygen atoms in total. The van der Waals surface area contributed by atoms with E-state index in [2.05, 4.69) is 62.5 Å². The minimum Gasteiger partial charge on any atom is -0.464 e. The van der Waals surface area contributed by atoms with Gasteiger partial charge in [0.1, 0.15) is 23.6 Å². The van der Waals surface area contributed by atoms with Gasteiger partial charge in [-0.2, -0.15) is 0 Å². The fourth-order valence-electron chi connectivity index (χ4n) is 3.85. The number of anilines is 1. The Bertz CT molecular complexity index is 1400. The molecule has 0 aliphatic rings. The molecule has 0 spiro atoms. The van der Waals surface area contributed by atoms with Crippen molar-refractivity contribution in [3.63, 3.8) is 0 Å². The van der Waals surface area contributed by atoms with E-state index in [1.165, 1.54) is 6.33 Å². The molecule has 0 saturated carbocycles. The summed E-state index contributed by atoms with van der Waals surface area (Å²) in [4.78, 5) is 17.5. The van der Waals surface area contributed by atoms with E-state index in [0.29, 0.717) is 0 Å². The molecule has 0 fully saturated rings. The summed E-state index contributed by atoms with van der Waals surface area (Å²) in [5.41, 5.74) is 7.14. The van der Waals surface area contributed by atoms with Gasteiger partial charge in [-0.1, -0.05) is 18.2 Å². The summed E-state index contributed by atoms with van der Waals surface area (Å²) in [5.74, 6) is 1.51. The van der Waals surface area contributed by atoms with Gasteiger partial charge in [0.25, 0.3) is 0 Å². The molecule has 0 radical (unpaired) electrons. The number of aromatic nitrogens is 4. The fraction of sp³-hybridized carbons (Fsp3) is 0.154. The van der Waals surface area contributed by atoms with Crippen LogP contribution in [0.4, 0.5) is 5.82 Å². The summed E-state index contributed by atoms with van der Waals surface area (Å²) >= 11 is 0. The molecule has 0 saturated heterocycles. The van der Waals surface area contributed by atoms with Crippen LogP contribution in [0, 0.1) is 13.8 Å². The number of hydrogen-bond donors (Lipinski definition) is 1. The normalized spacial score (nSPS) is 12.1. The van der Waals surface area contributed by atoms with Crippen molar-refractivity contribution >= 4 is 16.8 Å². The van der Waals surface area contributed by atoms with Crippen molar-refractivity contribution < 1.29 is 5.84 Å². The van der Waals surface area contributed by atoms with Gasteiger partial charge in [-0.15, -0.1) is 0 Å². The number of hydrogen-bond acceptors (Lipinski definition) is 6. The minimum absolute atomic E-state index is 0. The number of rotatable bonds is 5. The number of benzene rings is 2. The van der Waals surface area contributed by atoms with Crippen molar-refractivity contribution in [3.8, 4) is 22.4 Å². The molecule has 32 heavy (non-hydrogen) atoms. The summed E-state index contributed by atoms with van der Waals surface area (Å²) in [6.45, 7) is 6.08. The number of fused-ring (bicyclic) bond motifs is 1. The first-order chi connectivity index (χ1) is 15.6. The first-order valence-electron chi connectivity index (χ1n) is 10.5. The Morgan fingerprint density at radius 1 is 0.906 bits per heavy atom. The molecule has 2 aromatic carbocycles. The van der Waals surface area contributed by atoms with Crippen LogP contribution in [-0.4, -0.2) is 19.9 Å². The van der Waals surface area contributed by atoms with E-state index in [9.17, 15) is 0 Å². The first-order valence-corrected chi connectivity index (χ1v) is 10.5. The molecule has 5 rings (SSSR count). The van der Waals surface area contributed by atoms with Gasteiger partial charge in [0, 0.05) is 42.4 Å². The van der Waals surface area contributed by atoms with E-state index in [4.69, 9.17) is 4.42 Å². The lowest BCUT2D eigenvalue weighted by molar-refractivity contribution is 0.613. The molecule has 1 atom stereocenters. The first kappa shape index (κ1) is 19.9. The molecule has 6 heteroatoms. The molecular formula is C26H25N5O. The van der Waals surface area contributed by atoms with Crippen LogP contribution in [0.5, 0.6) is 0 Å². The minimum atomic E-state index is 0. The van der Waals surface area contributed by atoms with Crippen molar-refractivity contribution in [1.29, 1.82) is 0 Å². The van der Waals surface area contributed by atoms with Crippen LogP contribution in [-0.2, 0) is 0 Å². The lowest BCUT2D eigenvalue weighted by atomic mass is 10.0. The maximum Gasteiger partial charge on any atom is 0.134 e. The zero-order chi connectivity index (χ0) is 22.1. The van der Waals surface area contributed by atoms with Gasteiger partial charge < -0.3 is 9.73 Å². The fourth-order valence-corrected chi connectivity index (χ4v) is 3.85. The largest absolute Gasteiger partial charge is 0.464 e. The van der Waals surface area contributed by atoms with E-state index in [1.54, 1.807) is 6.26 Å². The van der Waals surface area contributed by atoms with E-state index < -0.39 is 0 Å². The van der Waals surface area contributed by atoms with Crippen LogP contribution in [0.1, 0.15) is 31.3 Å². The van der Waals surface area contributed by atoms with Crippen molar-refractivity contribution in [2.75, 3.05) is 5.32 Å². The topological polar surface area (TPSA) is 76.7 Å². The van der Waals surface area contributed by atoms with Crippen molar-refractivity contribution in [1.82, 2.24) is 19.9 Å². The SMILES string of the molecule is Cc1nc(N[C@H](C)c2cccc(-c3cncnc3)c2)cc(-c2ccc3occ(C)c3c2)n1.[HH]. The van der Waals surface area contributed by atoms with Gasteiger partial charge in [-0.25, -0.2) is 19.9 Å². The molecule has 0 aliphatic carbocycles. The highest BCUT2D eigenvalue weighted by molar-refractivity contribution is 5.85. The Morgan fingerprint density at radius 3 is 2.59 bits per heavy atom. The second-order valence-corrected chi connectivity index (χ2v) is 7.93. The second kappa shape index (κ2) is 8.23. The molecule has 0 aliphatic heterocycles. The monoisotopic (exact) mass is 423 g/mol. The molecule has 0 unspecified atom stereocenters. The van der Waals surface area contributed by atoms with Gasteiger partial charge in [0.05, 0.1) is 12.0 Å². The van der Waals surface area contributed by atoms with Crippen LogP contribution in [0.15, 0.2) is 77.9 Å². The zero-order valence-electron chi connectivity index (χ0n) is 18.2. The third-order valence-electron chi connectivity index (χ3n) is 5.55. The van der Waals surface area contributed by atoms with E-state index in [0.717, 1.165) is 56.1 Å². The molecule has 160 valence electrons. The smallest absolute Gasteiger partial charge is 0.134 e. The lowest BCUT2D eigenvalue weighted by Crippen LogP contribution is -2.09. The Labute approximate surface area is 187 Å². The summed E-state index contributed by atoms with van der Waals surface area (Å²) < 4.78 is 5.58. The number of nitrogens with zero attached hydrogens (tertiary/aromatic N) is 4. The standard InChI is InChI=1S/C26H23N5O.H2/c1-16-14-32-25-8-7-21(10-23(16)25)24-11-26(31-18(3)30-24)29-17(2)19-5-4-6-20(9-19)22-12-27-15-28-13-22;/h4-15,17H,1-3H3,(H,29,30,31);1H/t17-;/m1./s1. The Kier molecular flexibility index (Phi) is 5.11. The average molecular weight is 424 g/mol. The molecular weight excluding hydrogens is 398 g/mol. The van der Waals surface area contributed by atoms with Gasteiger partial charge >= 0.3 is 0 Å². The quantitative estimate of drug-likeness (QED) is 0.353. The number of furan rings is 1. The molecule has 0 amide bonds. The van der Waals surface area contributed by atoms with Crippen molar-refractivity contribution in [2.24, 2.45) is 0 Å². The third kappa shape index (κ3) is 3.95. The van der Waals surface area contributed by atoms with Crippen LogP contribution in [0.2, 0.25) is 0 Å². The average Bonchev–Trinajstić information content (AvgIpc) is 3.19. The lowest BCUT2D eigenvalue weighted by Gasteiger charge is -2.17. The van der Waals surface area contributed by atoms with E-state index in [1.807, 2.05) is 44.4 Å². The molecule has 3 aromatic heterocycles. The second-order valence-electron chi connectivity index (χ2n) is 7.93. The van der Waals surface area contributed by atoms with Crippen molar-refractivity contribution in [2.45, 2.75) is 26.8 Å². The maximum atomic E-state index is 5.58. The van der Waals surface area contributed by atoms with Crippen molar-refractivity contribution in [3.05, 3.63) is 90.5 Å². The Hall–Kier alpha value is -4.06. The Morgan fingerprint density at radius 2 is 1.75 bits per heavy atom. The molecule has 1 N–H and O–H groups in total. The zero-order valence-corrected chi connectivity index (χ0v) is 18.2. The molecule has 0 bridgehead atoms. The van der Waals surface area contributed by atoms with E-state index in [-0.39, 0.29) is 7.47 Å². The third-order valence-corrected chi connectivity index (χ3v) is 5.55. The van der Waals surface area contributed by atoms with Crippen LogP contribution in [0.3, 0.4) is 0 Å². The number of aryl methyl sites for hydroxylation is 2. The summed E-state index contributed by atoms with van der Waals surface area (Å²) in [6.07, 6.45) is 6.97. The van der Waals surface area contributed by atoms with Crippen LogP contribution < -0.4 is 5.32 Å².